The summed E-state index contributed by atoms with van der Waals surface area (Å²) in [6.07, 6.45) is 55.4. The molecule has 0 fully saturated rings. The van der Waals surface area contributed by atoms with Crippen LogP contribution in [0.2, 0.25) is 0 Å². The van der Waals surface area contributed by atoms with E-state index in [1.165, 1.54) is 81.3 Å². The van der Waals surface area contributed by atoms with E-state index in [0.717, 1.165) is 95.2 Å². The first-order chi connectivity index (χ1) is 60.8. The average molecular weight is 1700 g/mol. The maximum atomic E-state index is 12.3. The van der Waals surface area contributed by atoms with Crippen LogP contribution in [0, 0.1) is 6.92 Å². The molecule has 0 saturated heterocycles. The number of aryl methyl sites for hydroxylation is 1. The Balaban J connectivity index is 0.000000259. The molecule has 0 amide bonds. The van der Waals surface area contributed by atoms with Gasteiger partial charge >= 0.3 is 0 Å². The lowest BCUT2D eigenvalue weighted by Crippen LogP contribution is -2.38. The molecule has 0 bridgehead atoms. The Labute approximate surface area is 737 Å². The van der Waals surface area contributed by atoms with Gasteiger partial charge in [0, 0.05) is 153 Å². The van der Waals surface area contributed by atoms with Crippen LogP contribution >= 0.6 is 0 Å². The summed E-state index contributed by atoms with van der Waals surface area (Å²) < 4.78 is 86.0. The summed E-state index contributed by atoms with van der Waals surface area (Å²) in [4.78, 5) is 8.34. The van der Waals surface area contributed by atoms with E-state index in [-0.39, 0.29) is 18.1 Å². The fourth-order valence-corrected chi connectivity index (χ4v) is 13.4. The summed E-state index contributed by atoms with van der Waals surface area (Å²) in [7, 11) is -3.78. The van der Waals surface area contributed by atoms with E-state index in [4.69, 9.17) is 32.6 Å². The number of pyridine rings is 12. The number of nitrogens with zero attached hydrogens (tertiary/aromatic N) is 12. The number of ether oxygens (including phenoxy) is 6. The molecule has 0 saturated carbocycles. The topological polar surface area (TPSA) is 163 Å². The van der Waals surface area contributed by atoms with Crippen LogP contribution in [0.4, 0.5) is 0 Å². The fourth-order valence-electron chi connectivity index (χ4n) is 12.5. The number of hydrogen-bond acceptors (Lipinski definition) is 11. The number of benzene rings is 1. The van der Waals surface area contributed by atoms with E-state index in [0.29, 0.717) is 66.0 Å². The zero-order chi connectivity index (χ0) is 87.3. The van der Waals surface area contributed by atoms with Crippen molar-refractivity contribution in [3.63, 3.8) is 0 Å². The molecule has 0 aliphatic heterocycles. The maximum absolute atomic E-state index is 12.3. The Hall–Kier alpha value is -11.3. The molecule has 0 atom stereocenters. The van der Waals surface area contributed by atoms with E-state index in [1.54, 1.807) is 24.3 Å². The second-order valence-corrected chi connectivity index (χ2v) is 31.5. The molecule has 0 unspecified atom stereocenters. The van der Waals surface area contributed by atoms with E-state index < -0.39 is 10.1 Å². The third kappa shape index (κ3) is 35.5. The number of aromatic nitrogens is 12. The van der Waals surface area contributed by atoms with Crippen molar-refractivity contribution in [3.8, 4) is 66.8 Å². The van der Waals surface area contributed by atoms with Crippen LogP contribution in [0.5, 0.6) is 0 Å². The Morgan fingerprint density at radius 2 is 0.387 bits per heavy atom. The Morgan fingerprint density at radius 1 is 0.218 bits per heavy atom. The maximum Gasteiger partial charge on any atom is 0.297 e. The van der Waals surface area contributed by atoms with Gasteiger partial charge in [0.15, 0.2) is 189 Å². The van der Waals surface area contributed by atoms with Gasteiger partial charge in [0.05, 0.1) is 18.1 Å². The average Bonchev–Trinajstić information content (AvgIpc) is 0.910. The first kappa shape index (κ1) is 96.5. The Kier molecular flexibility index (Phi) is 43.9. The van der Waals surface area contributed by atoms with Crippen molar-refractivity contribution in [1.82, 2.24) is 9.97 Å². The normalized spacial score (nSPS) is 11.0. The highest BCUT2D eigenvalue weighted by molar-refractivity contribution is 7.86. The third-order valence-electron chi connectivity index (χ3n) is 19.8. The molecule has 21 nitrogen and oxygen atoms in total. The lowest BCUT2D eigenvalue weighted by Gasteiger charge is -2.06. The van der Waals surface area contributed by atoms with Gasteiger partial charge in [-0.2, -0.15) is 8.42 Å². The summed E-state index contributed by atoms with van der Waals surface area (Å²) in [5.41, 5.74) is 15.1. The molecule has 22 heteroatoms. The van der Waals surface area contributed by atoms with Crippen molar-refractivity contribution in [2.24, 2.45) is 0 Å². The van der Waals surface area contributed by atoms with Crippen LogP contribution in [-0.4, -0.2) is 104 Å². The molecule has 0 N–H and O–H groups in total. The van der Waals surface area contributed by atoms with Gasteiger partial charge < -0.3 is 28.4 Å². The van der Waals surface area contributed by atoms with Crippen LogP contribution in [0.15, 0.2) is 323 Å². The first-order valence-electron chi connectivity index (χ1n) is 44.0. The zero-order valence-electron chi connectivity index (χ0n) is 74.3. The molecule has 13 rings (SSSR count). The van der Waals surface area contributed by atoms with Crippen molar-refractivity contribution < 1.29 is 86.7 Å². The molecular formula is C102H132N12O9S+10. The van der Waals surface area contributed by atoms with E-state index in [1.807, 2.05) is 72.9 Å². The van der Waals surface area contributed by atoms with Gasteiger partial charge in [-0.25, -0.2) is 45.7 Å². The van der Waals surface area contributed by atoms with Crippen LogP contribution in [-0.2, 0) is 108 Å². The van der Waals surface area contributed by atoms with E-state index in [2.05, 4.69) is 332 Å². The predicted octanol–water partition coefficient (Wildman–Crippen LogP) is 13.7. The molecule has 124 heavy (non-hydrogen) atoms. The van der Waals surface area contributed by atoms with Gasteiger partial charge in [-0.3, -0.25) is 14.2 Å². The van der Waals surface area contributed by atoms with Crippen LogP contribution < -0.4 is 45.7 Å². The zero-order valence-corrected chi connectivity index (χ0v) is 75.1. The van der Waals surface area contributed by atoms with Crippen molar-refractivity contribution in [2.45, 2.75) is 158 Å². The fraction of sp³-hybridized carbons (Fsp3) is 0.353. The predicted molar refractivity (Wildman–Crippen MR) is 481 cm³/mol. The highest BCUT2D eigenvalue weighted by Gasteiger charge is 2.17. The minimum atomic E-state index is -3.78. The third-order valence-corrected chi connectivity index (χ3v) is 21.2. The summed E-state index contributed by atoms with van der Waals surface area (Å²) in [6.45, 7) is 32.2. The Morgan fingerprint density at radius 3 is 0.565 bits per heavy atom. The summed E-state index contributed by atoms with van der Waals surface area (Å²) in [5.74, 6) is 0. The second kappa shape index (κ2) is 56.5. The number of unbranched alkanes of at least 4 members (excludes halogenated alkanes) is 1. The van der Waals surface area contributed by atoms with Gasteiger partial charge in [-0.1, -0.05) is 91.8 Å². The summed E-state index contributed by atoms with van der Waals surface area (Å²) >= 11 is 0. The van der Waals surface area contributed by atoms with Crippen molar-refractivity contribution in [2.75, 3.05) is 85.9 Å². The van der Waals surface area contributed by atoms with Crippen LogP contribution in [0.3, 0.4) is 0 Å². The Bertz CT molecular complexity index is 4930. The van der Waals surface area contributed by atoms with Gasteiger partial charge in [0.1, 0.15) is 66.1 Å². The number of rotatable bonds is 44. The monoisotopic (exact) mass is 1700 g/mol. The molecule has 0 radical (unpaired) electrons. The highest BCUT2D eigenvalue weighted by Crippen LogP contribution is 2.22. The van der Waals surface area contributed by atoms with E-state index in [9.17, 15) is 8.42 Å². The van der Waals surface area contributed by atoms with E-state index >= 15 is 0 Å². The molecular weight excluding hydrogens is 1570 g/mol. The summed E-state index contributed by atoms with van der Waals surface area (Å²) in [5, 5.41) is 0. The quantitative estimate of drug-likeness (QED) is 0.0203. The molecule has 650 valence electrons. The summed E-state index contributed by atoms with van der Waals surface area (Å²) in [6, 6.07) is 57.4. The lowest BCUT2D eigenvalue weighted by molar-refractivity contribution is -0.705. The molecule has 0 aliphatic carbocycles. The van der Waals surface area contributed by atoms with Crippen LogP contribution in [0.25, 0.3) is 66.8 Å². The number of hydrogen-bond donors (Lipinski definition) is 0. The van der Waals surface area contributed by atoms with Crippen molar-refractivity contribution >= 4 is 10.1 Å². The standard InChI is InChI=1S/C52H56N8O3.C40H50N4O6S.C4H10.2C3H8/c1-17-53-18-2-45(1)47-5-21-55(22-6-47)33-39-61-41-35-57-25-9-49(10-26-57)51-13-29-59(30-14-51)37-43-63-44-38-60-31-15-52(16-32-60)50-11-27-58(28-12-50)36-42-62-40-34-56-23-7-48(8-24-56)46-3-19-54-20-4-46;1-3-28-47-29-24-41-16-8-36(9-17-41)37-10-18-42(19-11-37)25-30-48-31-26-43-20-12-38(13-21-43)39-14-22-44(23-15-39)27-32-49-33-34-50-51(45,46)40-6-4-35(2)5-7-40;1-3-4-2;2*1-3-2/h1-32H,33-44H2;4-23H,3,24-34H2,1-2H3;3-4H2,1-2H3;2*3H2,1-2H3/q+6;+4;;;. The molecule has 0 aliphatic rings. The van der Waals surface area contributed by atoms with Gasteiger partial charge in [-0.15, -0.1) is 0 Å². The highest BCUT2D eigenvalue weighted by atomic mass is 32.2. The van der Waals surface area contributed by atoms with Crippen LogP contribution in [0.1, 0.15) is 86.1 Å². The first-order valence-corrected chi connectivity index (χ1v) is 45.4. The molecule has 0 spiro atoms. The van der Waals surface area contributed by atoms with Gasteiger partial charge in [0.25, 0.3) is 10.1 Å². The van der Waals surface area contributed by atoms with Gasteiger partial charge in [-0.05, 0) is 117 Å². The van der Waals surface area contributed by atoms with Crippen molar-refractivity contribution in [1.29, 1.82) is 0 Å². The minimum Gasteiger partial charge on any atom is -0.375 e. The van der Waals surface area contributed by atoms with Gasteiger partial charge in [0.2, 0.25) is 0 Å². The second-order valence-electron chi connectivity index (χ2n) is 29.9. The molecule has 12 heterocycles. The van der Waals surface area contributed by atoms with Crippen molar-refractivity contribution in [3.05, 3.63) is 324 Å². The molecule has 1 aromatic carbocycles. The minimum absolute atomic E-state index is 0.0277. The molecule has 13 aromatic rings. The smallest absolute Gasteiger partial charge is 0.297 e. The molecule has 12 aromatic heterocycles. The largest absolute Gasteiger partial charge is 0.375 e. The SMILES string of the molecule is CCC.CCC.CCCC.CCCOCC[n+]1ccc(-c2cc[n+](CCOCC[n+]3ccc(-c4cc[n+](CCOCCOS(=O)(=O)c5ccc(C)cc5)cc4)cc3)cc2)cc1.c1cc(-c2cc[n+](CCOCC[n+]3ccc(-c4cc[n+](CCOCC[n+]5ccc(-c6cc[n+](CCOCC[n+]7ccc(-c8ccncc8)cc7)cc6)cc5)cc4)cc3)cc2)ccn1. The lowest BCUT2D eigenvalue weighted by atomic mass is 10.1.